The van der Waals surface area contributed by atoms with E-state index in [0.717, 1.165) is 18.8 Å². The van der Waals surface area contributed by atoms with Gasteiger partial charge in [0.2, 0.25) is 5.91 Å². The Hall–Kier alpha value is -0.220. The van der Waals surface area contributed by atoms with E-state index in [2.05, 4.69) is 9.64 Å². The van der Waals surface area contributed by atoms with Crippen LogP contribution in [0.25, 0.3) is 0 Å². The number of nitrogens with two attached hydrogens (primary N) is 1. The number of piperazine rings is 1. The molecule has 1 fully saturated rings. The van der Waals surface area contributed by atoms with Crippen LogP contribution in [-0.2, 0) is 9.53 Å². The molecule has 0 aromatic heterocycles. The highest BCUT2D eigenvalue weighted by molar-refractivity contribution is 7.98. The molecule has 1 aliphatic heterocycles. The first-order chi connectivity index (χ1) is 10.8. The van der Waals surface area contributed by atoms with Crippen LogP contribution >= 0.6 is 24.2 Å². The van der Waals surface area contributed by atoms with Crippen LogP contribution in [0, 0.1) is 0 Å². The number of nitrogens with zero attached hydrogens (tertiary/aromatic N) is 2. The molecule has 0 unspecified atom stereocenters. The summed E-state index contributed by atoms with van der Waals surface area (Å²) in [5.74, 6) is 0.859. The van der Waals surface area contributed by atoms with Gasteiger partial charge in [-0.3, -0.25) is 9.69 Å². The lowest BCUT2D eigenvalue weighted by atomic mass is 10.2. The third-order valence-electron chi connectivity index (χ3n) is 3.66. The second kappa shape index (κ2) is 12.2. The van der Waals surface area contributed by atoms with E-state index in [4.69, 9.17) is 5.73 Å². The van der Waals surface area contributed by atoms with Crippen LogP contribution in [0.4, 0.5) is 13.2 Å². The van der Waals surface area contributed by atoms with Gasteiger partial charge in [0.15, 0.2) is 0 Å². The molecule has 0 aromatic rings. The molecule has 1 heterocycles. The highest BCUT2D eigenvalue weighted by atomic mass is 35.5. The van der Waals surface area contributed by atoms with E-state index in [0.29, 0.717) is 32.5 Å². The van der Waals surface area contributed by atoms with E-state index in [1.54, 1.807) is 16.7 Å². The predicted molar refractivity (Wildman–Crippen MR) is 92.7 cm³/mol. The maximum atomic E-state index is 12.2. The van der Waals surface area contributed by atoms with E-state index in [1.165, 1.54) is 0 Å². The maximum absolute atomic E-state index is 12.2. The maximum Gasteiger partial charge on any atom is 0.411 e. The molecule has 0 aromatic carbocycles. The zero-order valence-electron chi connectivity index (χ0n) is 13.9. The van der Waals surface area contributed by atoms with Gasteiger partial charge < -0.3 is 15.4 Å². The SMILES string of the molecule is CSCC[C@H](N)C(=O)N1CCN(CCCOCC(F)(F)F)CC1.Cl. The summed E-state index contributed by atoms with van der Waals surface area (Å²) in [6.45, 7) is 2.27. The number of carbonyl (C=O) groups excluding carboxylic acids is 1. The fourth-order valence-corrected chi connectivity index (χ4v) is 2.86. The lowest BCUT2D eigenvalue weighted by molar-refractivity contribution is -0.174. The molecule has 24 heavy (non-hydrogen) atoms. The molecule has 2 N–H and O–H groups in total. The molecule has 1 atom stereocenters. The van der Waals surface area contributed by atoms with Crippen molar-refractivity contribution in [1.29, 1.82) is 0 Å². The fourth-order valence-electron chi connectivity index (χ4n) is 2.37. The summed E-state index contributed by atoms with van der Waals surface area (Å²) in [6, 6.07) is -0.440. The third-order valence-corrected chi connectivity index (χ3v) is 4.31. The van der Waals surface area contributed by atoms with Gasteiger partial charge in [-0.2, -0.15) is 24.9 Å². The number of ether oxygens (including phenoxy) is 1. The Bertz CT molecular complexity index is 357. The van der Waals surface area contributed by atoms with Crippen molar-refractivity contribution in [2.45, 2.75) is 25.1 Å². The van der Waals surface area contributed by atoms with E-state index < -0.39 is 18.8 Å². The highest BCUT2D eigenvalue weighted by Gasteiger charge is 2.27. The largest absolute Gasteiger partial charge is 0.411 e. The van der Waals surface area contributed by atoms with Gasteiger partial charge in [0, 0.05) is 39.3 Å². The highest BCUT2D eigenvalue weighted by Crippen LogP contribution is 2.14. The molecule has 0 bridgehead atoms. The normalized spacial score (nSPS) is 17.5. The fraction of sp³-hybridized carbons (Fsp3) is 0.929. The van der Waals surface area contributed by atoms with Crippen LogP contribution in [0.3, 0.4) is 0 Å². The molecule has 0 radical (unpaired) electrons. The Morgan fingerprint density at radius 2 is 1.92 bits per heavy atom. The molecule has 0 spiro atoms. The molecule has 1 rings (SSSR count). The van der Waals surface area contributed by atoms with Crippen LogP contribution in [-0.4, -0.2) is 85.9 Å². The molecule has 0 aliphatic carbocycles. The molecule has 1 saturated heterocycles. The van der Waals surface area contributed by atoms with Crippen molar-refractivity contribution in [3.05, 3.63) is 0 Å². The van der Waals surface area contributed by atoms with Crippen molar-refractivity contribution in [3.8, 4) is 0 Å². The molecule has 10 heteroatoms. The van der Waals surface area contributed by atoms with Crippen LogP contribution in [0.5, 0.6) is 0 Å². The summed E-state index contributed by atoms with van der Waals surface area (Å²) >= 11 is 1.67. The van der Waals surface area contributed by atoms with Gasteiger partial charge in [-0.25, -0.2) is 0 Å². The first kappa shape index (κ1) is 23.8. The molecule has 1 amide bonds. The molecule has 1 aliphatic rings. The van der Waals surface area contributed by atoms with E-state index >= 15 is 0 Å². The Morgan fingerprint density at radius 3 is 2.46 bits per heavy atom. The van der Waals surface area contributed by atoms with Crippen molar-refractivity contribution >= 4 is 30.1 Å². The number of rotatable bonds is 9. The van der Waals surface area contributed by atoms with Gasteiger partial charge in [0.1, 0.15) is 6.61 Å². The topological polar surface area (TPSA) is 58.8 Å². The van der Waals surface area contributed by atoms with Gasteiger partial charge in [0.25, 0.3) is 0 Å². The summed E-state index contributed by atoms with van der Waals surface area (Å²) in [4.78, 5) is 16.1. The van der Waals surface area contributed by atoms with Crippen molar-refractivity contribution in [3.63, 3.8) is 0 Å². The quantitative estimate of drug-likeness (QED) is 0.603. The van der Waals surface area contributed by atoms with Crippen molar-refractivity contribution in [2.24, 2.45) is 5.73 Å². The summed E-state index contributed by atoms with van der Waals surface area (Å²) in [6.07, 6.45) is -1.05. The Kier molecular flexibility index (Phi) is 12.1. The minimum Gasteiger partial charge on any atom is -0.372 e. The zero-order valence-corrected chi connectivity index (χ0v) is 15.5. The summed E-state index contributed by atoms with van der Waals surface area (Å²) in [7, 11) is 0. The first-order valence-electron chi connectivity index (χ1n) is 7.73. The minimum absolute atomic E-state index is 0. The average Bonchev–Trinajstić information content (AvgIpc) is 2.51. The van der Waals surface area contributed by atoms with Gasteiger partial charge in [0.05, 0.1) is 6.04 Å². The number of amides is 1. The van der Waals surface area contributed by atoms with Crippen LogP contribution in [0.1, 0.15) is 12.8 Å². The van der Waals surface area contributed by atoms with Crippen molar-refractivity contribution in [1.82, 2.24) is 9.80 Å². The minimum atomic E-state index is -4.26. The monoisotopic (exact) mass is 393 g/mol. The van der Waals surface area contributed by atoms with Gasteiger partial charge in [-0.15, -0.1) is 12.4 Å². The Balaban J connectivity index is 0.00000529. The lowest BCUT2D eigenvalue weighted by Gasteiger charge is -2.35. The predicted octanol–water partition coefficient (Wildman–Crippen LogP) is 1.60. The van der Waals surface area contributed by atoms with Crippen LogP contribution in [0.2, 0.25) is 0 Å². The van der Waals surface area contributed by atoms with Gasteiger partial charge in [-0.1, -0.05) is 0 Å². The molecular formula is C14H27ClF3N3O2S. The van der Waals surface area contributed by atoms with Crippen LogP contribution in [0.15, 0.2) is 0 Å². The number of alkyl halides is 3. The lowest BCUT2D eigenvalue weighted by Crippen LogP contribution is -2.53. The number of hydrogen-bond donors (Lipinski definition) is 1. The summed E-state index contributed by atoms with van der Waals surface area (Å²) in [5.41, 5.74) is 5.89. The molecule has 0 saturated carbocycles. The molecular weight excluding hydrogens is 367 g/mol. The van der Waals surface area contributed by atoms with Gasteiger partial charge >= 0.3 is 6.18 Å². The third kappa shape index (κ3) is 9.93. The number of carbonyl (C=O) groups is 1. The van der Waals surface area contributed by atoms with Crippen LogP contribution < -0.4 is 5.73 Å². The zero-order chi connectivity index (χ0) is 17.3. The summed E-state index contributed by atoms with van der Waals surface area (Å²) < 4.78 is 40.3. The van der Waals surface area contributed by atoms with E-state index in [9.17, 15) is 18.0 Å². The summed E-state index contributed by atoms with van der Waals surface area (Å²) in [5, 5.41) is 0. The Morgan fingerprint density at radius 1 is 1.29 bits per heavy atom. The molecule has 144 valence electrons. The smallest absolute Gasteiger partial charge is 0.372 e. The average molecular weight is 394 g/mol. The first-order valence-corrected chi connectivity index (χ1v) is 9.13. The molecule has 5 nitrogen and oxygen atoms in total. The Labute approximate surface area is 151 Å². The second-order valence-corrected chi connectivity index (χ2v) is 6.56. The number of hydrogen-bond acceptors (Lipinski definition) is 5. The standard InChI is InChI=1S/C14H26F3N3O2S.ClH/c1-23-10-3-12(18)13(21)20-7-5-19(6-8-20)4-2-9-22-11-14(15,16)17;/h12H,2-11,18H2,1H3;1H/t12-;/m0./s1. The van der Waals surface area contributed by atoms with Gasteiger partial charge in [-0.05, 0) is 24.9 Å². The van der Waals surface area contributed by atoms with E-state index in [-0.39, 0.29) is 24.9 Å². The van der Waals surface area contributed by atoms with E-state index in [1.807, 2.05) is 6.26 Å². The number of halogens is 4. The van der Waals surface area contributed by atoms with Crippen molar-refractivity contribution < 1.29 is 22.7 Å². The van der Waals surface area contributed by atoms with Crippen molar-refractivity contribution in [2.75, 3.05) is 57.9 Å². The second-order valence-electron chi connectivity index (χ2n) is 5.58. The number of thioether (sulfide) groups is 1.